The quantitative estimate of drug-likeness (QED) is 0.225. The Labute approximate surface area is 240 Å². The fourth-order valence-electron chi connectivity index (χ4n) is 5.97. The van der Waals surface area contributed by atoms with Gasteiger partial charge in [0.15, 0.2) is 0 Å². The van der Waals surface area contributed by atoms with Crippen molar-refractivity contribution in [1.29, 1.82) is 10.5 Å². The van der Waals surface area contributed by atoms with Gasteiger partial charge in [-0.05, 0) is 94.0 Å². The highest BCUT2D eigenvalue weighted by atomic mass is 16.3. The van der Waals surface area contributed by atoms with Gasteiger partial charge in [0, 0.05) is 21.5 Å². The molecule has 194 valence electrons. The SMILES string of the molecule is N#Cc1ccc(-c2c(-c3ccc4oc5ccccc5c4c3)cc(C#N)cc2-c2ccc3oc4ccccc4c3c2)cc1. The average Bonchev–Trinajstić information content (AvgIpc) is 3.61. The monoisotopic (exact) mass is 536 g/mol. The van der Waals surface area contributed by atoms with Crippen molar-refractivity contribution < 1.29 is 8.83 Å². The van der Waals surface area contributed by atoms with Crippen LogP contribution >= 0.6 is 0 Å². The predicted molar refractivity (Wildman–Crippen MR) is 167 cm³/mol. The molecule has 0 bridgehead atoms. The molecule has 0 amide bonds. The van der Waals surface area contributed by atoms with Gasteiger partial charge in [0.1, 0.15) is 22.3 Å². The molecule has 2 heterocycles. The number of rotatable bonds is 3. The van der Waals surface area contributed by atoms with Crippen molar-refractivity contribution in [3.8, 4) is 45.5 Å². The number of para-hydroxylation sites is 2. The molecule has 0 aliphatic carbocycles. The molecule has 42 heavy (non-hydrogen) atoms. The molecule has 6 aromatic carbocycles. The molecule has 4 nitrogen and oxygen atoms in total. The second-order valence-electron chi connectivity index (χ2n) is 10.4. The zero-order valence-electron chi connectivity index (χ0n) is 22.3. The first-order valence-electron chi connectivity index (χ1n) is 13.6. The fraction of sp³-hybridized carbons (Fsp3) is 0. The average molecular weight is 537 g/mol. The van der Waals surface area contributed by atoms with Crippen LogP contribution in [0.5, 0.6) is 0 Å². The van der Waals surface area contributed by atoms with E-state index in [-0.39, 0.29) is 0 Å². The number of nitriles is 2. The van der Waals surface area contributed by atoms with Crippen LogP contribution in [0.15, 0.2) is 130 Å². The first-order chi connectivity index (χ1) is 20.7. The van der Waals surface area contributed by atoms with Crippen molar-refractivity contribution in [2.45, 2.75) is 0 Å². The van der Waals surface area contributed by atoms with Gasteiger partial charge >= 0.3 is 0 Å². The number of fused-ring (bicyclic) bond motifs is 6. The minimum absolute atomic E-state index is 0.562. The van der Waals surface area contributed by atoms with Gasteiger partial charge in [-0.25, -0.2) is 0 Å². The topological polar surface area (TPSA) is 73.9 Å². The number of hydrogen-bond acceptors (Lipinski definition) is 4. The van der Waals surface area contributed by atoms with Crippen LogP contribution in [0.4, 0.5) is 0 Å². The zero-order chi connectivity index (χ0) is 28.2. The summed E-state index contributed by atoms with van der Waals surface area (Å²) in [6.07, 6.45) is 0. The Morgan fingerprint density at radius 2 is 0.857 bits per heavy atom. The lowest BCUT2D eigenvalue weighted by atomic mass is 9.85. The molecule has 8 rings (SSSR count). The second kappa shape index (κ2) is 9.24. The molecule has 0 atom stereocenters. The first kappa shape index (κ1) is 23.8. The van der Waals surface area contributed by atoms with E-state index in [1.807, 2.05) is 97.1 Å². The lowest BCUT2D eigenvalue weighted by Gasteiger charge is -2.17. The van der Waals surface area contributed by atoms with Gasteiger partial charge in [0.25, 0.3) is 0 Å². The third kappa shape index (κ3) is 3.68. The highest BCUT2D eigenvalue weighted by molar-refractivity contribution is 6.09. The third-order valence-electron chi connectivity index (χ3n) is 7.95. The Bertz CT molecular complexity index is 2290. The smallest absolute Gasteiger partial charge is 0.135 e. The van der Waals surface area contributed by atoms with Crippen LogP contribution in [0.3, 0.4) is 0 Å². The number of furan rings is 2. The maximum Gasteiger partial charge on any atom is 0.135 e. The summed E-state index contributed by atoms with van der Waals surface area (Å²) in [6, 6.07) is 44.5. The van der Waals surface area contributed by atoms with Crippen LogP contribution in [0.25, 0.3) is 77.3 Å². The van der Waals surface area contributed by atoms with E-state index in [1.165, 1.54) is 0 Å². The van der Waals surface area contributed by atoms with E-state index in [0.29, 0.717) is 11.1 Å². The van der Waals surface area contributed by atoms with E-state index in [2.05, 4.69) is 36.4 Å². The molecule has 0 aliphatic rings. The number of benzene rings is 6. The molecule has 4 heteroatoms. The van der Waals surface area contributed by atoms with Crippen LogP contribution in [0.2, 0.25) is 0 Å². The Hall–Kier alpha value is -6.10. The number of hydrogen-bond donors (Lipinski definition) is 0. The molecule has 0 N–H and O–H groups in total. The molecule has 0 radical (unpaired) electrons. The van der Waals surface area contributed by atoms with E-state index in [9.17, 15) is 10.5 Å². The minimum Gasteiger partial charge on any atom is -0.456 e. The Kier molecular flexibility index (Phi) is 5.22. The largest absolute Gasteiger partial charge is 0.456 e. The van der Waals surface area contributed by atoms with E-state index >= 15 is 0 Å². The van der Waals surface area contributed by atoms with E-state index in [1.54, 1.807) is 0 Å². The molecular weight excluding hydrogens is 516 g/mol. The van der Waals surface area contributed by atoms with E-state index in [0.717, 1.165) is 77.3 Å². The van der Waals surface area contributed by atoms with Gasteiger partial charge in [-0.1, -0.05) is 60.7 Å². The maximum atomic E-state index is 10.2. The van der Waals surface area contributed by atoms with Gasteiger partial charge in [0.05, 0.1) is 23.3 Å². The van der Waals surface area contributed by atoms with Gasteiger partial charge < -0.3 is 8.83 Å². The van der Waals surface area contributed by atoms with Crippen molar-refractivity contribution in [3.63, 3.8) is 0 Å². The maximum absolute atomic E-state index is 10.2. The highest BCUT2D eigenvalue weighted by Gasteiger charge is 2.19. The predicted octanol–water partition coefficient (Wildman–Crippen LogP) is 10.2. The molecule has 0 saturated carbocycles. The summed E-state index contributed by atoms with van der Waals surface area (Å²) in [5.41, 5.74) is 10.2. The fourth-order valence-corrected chi connectivity index (χ4v) is 5.97. The molecule has 0 spiro atoms. The van der Waals surface area contributed by atoms with Crippen LogP contribution in [0.1, 0.15) is 11.1 Å². The molecule has 0 fully saturated rings. The van der Waals surface area contributed by atoms with Gasteiger partial charge in [0.2, 0.25) is 0 Å². The normalized spacial score (nSPS) is 11.3. The van der Waals surface area contributed by atoms with Gasteiger partial charge in [-0.3, -0.25) is 0 Å². The Morgan fingerprint density at radius 1 is 0.405 bits per heavy atom. The van der Waals surface area contributed by atoms with Crippen molar-refractivity contribution in [1.82, 2.24) is 0 Å². The molecule has 0 unspecified atom stereocenters. The number of nitrogens with zero attached hydrogens (tertiary/aromatic N) is 2. The Morgan fingerprint density at radius 3 is 1.36 bits per heavy atom. The molecule has 2 aromatic heterocycles. The lowest BCUT2D eigenvalue weighted by molar-refractivity contribution is 0.668. The van der Waals surface area contributed by atoms with Crippen molar-refractivity contribution in [2.24, 2.45) is 0 Å². The van der Waals surface area contributed by atoms with Crippen LogP contribution < -0.4 is 0 Å². The summed E-state index contributed by atoms with van der Waals surface area (Å²) in [4.78, 5) is 0. The van der Waals surface area contributed by atoms with Crippen LogP contribution in [0, 0.1) is 22.7 Å². The highest BCUT2D eigenvalue weighted by Crippen LogP contribution is 2.44. The summed E-state index contributed by atoms with van der Waals surface area (Å²) in [5.74, 6) is 0. The van der Waals surface area contributed by atoms with Gasteiger partial charge in [-0.15, -0.1) is 0 Å². The summed E-state index contributed by atoms with van der Waals surface area (Å²) < 4.78 is 12.2. The first-order valence-corrected chi connectivity index (χ1v) is 13.6. The lowest BCUT2D eigenvalue weighted by Crippen LogP contribution is -1.93. The molecule has 8 aromatic rings. The van der Waals surface area contributed by atoms with E-state index in [4.69, 9.17) is 8.83 Å². The minimum atomic E-state index is 0.562. The summed E-state index contributed by atoms with van der Waals surface area (Å²) in [7, 11) is 0. The third-order valence-corrected chi connectivity index (χ3v) is 7.95. The molecular formula is C38H20N2O2. The standard InChI is InChI=1S/C38H20N2O2/c39-21-23-9-11-25(12-10-23)38-30(26-13-15-36-32(19-26)28-5-1-3-7-34(28)41-36)17-24(22-40)18-31(38)27-14-16-37-33(20-27)29-6-2-4-8-35(29)42-37/h1-20H. The molecule has 0 saturated heterocycles. The molecule has 0 aliphatic heterocycles. The summed E-state index contributed by atoms with van der Waals surface area (Å²) in [5, 5.41) is 23.7. The second-order valence-corrected chi connectivity index (χ2v) is 10.4. The van der Waals surface area contributed by atoms with Crippen molar-refractivity contribution in [3.05, 3.63) is 132 Å². The van der Waals surface area contributed by atoms with Crippen LogP contribution in [-0.4, -0.2) is 0 Å². The van der Waals surface area contributed by atoms with Crippen molar-refractivity contribution in [2.75, 3.05) is 0 Å². The van der Waals surface area contributed by atoms with Gasteiger partial charge in [-0.2, -0.15) is 10.5 Å². The van der Waals surface area contributed by atoms with E-state index < -0.39 is 0 Å². The Balaban J connectivity index is 1.44. The van der Waals surface area contributed by atoms with Crippen molar-refractivity contribution >= 4 is 43.9 Å². The van der Waals surface area contributed by atoms with Crippen LogP contribution in [-0.2, 0) is 0 Å². The summed E-state index contributed by atoms with van der Waals surface area (Å²) >= 11 is 0. The summed E-state index contributed by atoms with van der Waals surface area (Å²) in [6.45, 7) is 0. The zero-order valence-corrected chi connectivity index (χ0v) is 22.3.